The van der Waals surface area contributed by atoms with Crippen LogP contribution >= 0.6 is 21.6 Å². The summed E-state index contributed by atoms with van der Waals surface area (Å²) in [6.45, 7) is 0.913. The third-order valence-corrected chi connectivity index (χ3v) is 16.8. The summed E-state index contributed by atoms with van der Waals surface area (Å²) in [5.74, 6) is -0.231. The number of aliphatic hydroxyl groups excluding tert-OH is 2. The molecule has 2 aromatic carbocycles. The lowest BCUT2D eigenvalue weighted by Gasteiger charge is -2.54. The SMILES string of the molecule is CC1(O)CCCC2c3c(c4c5oc6c(c(=O)c5c3OC3CCCC3)C(c3ccc(NO)cc3)C=CC6(O)C3(CCCC3)C(CO)(N=C(N)N)CSSC4CO)OC21. The molecule has 1 aromatic heterocycles. The summed E-state index contributed by atoms with van der Waals surface area (Å²) in [7, 11) is 2.72. The Kier molecular flexibility index (Phi) is 9.85. The zero-order valence-corrected chi connectivity index (χ0v) is 33.7. The number of rotatable bonds is 7. The lowest BCUT2D eigenvalue weighted by Crippen LogP contribution is -2.62. The van der Waals surface area contributed by atoms with Crippen molar-refractivity contribution in [2.75, 3.05) is 24.4 Å². The minimum absolute atomic E-state index is 0.0198. The molecule has 3 heterocycles. The van der Waals surface area contributed by atoms with Crippen molar-refractivity contribution in [2.24, 2.45) is 21.9 Å². The summed E-state index contributed by atoms with van der Waals surface area (Å²) in [4.78, 5) is 20.8. The summed E-state index contributed by atoms with van der Waals surface area (Å²) in [5.41, 5.74) is 11.0. The predicted molar refractivity (Wildman–Crippen MR) is 220 cm³/mol. The molecule has 0 amide bonds. The zero-order chi connectivity index (χ0) is 39.9. The maximum Gasteiger partial charge on any atom is 0.201 e. The molecule has 3 saturated carbocycles. The van der Waals surface area contributed by atoms with Crippen molar-refractivity contribution in [1.82, 2.24) is 0 Å². The quantitative estimate of drug-likeness (QED) is 0.0479. The molecule has 57 heavy (non-hydrogen) atoms. The van der Waals surface area contributed by atoms with E-state index < -0.39 is 46.0 Å². The van der Waals surface area contributed by atoms with Crippen LogP contribution in [0.3, 0.4) is 0 Å². The number of hydrogen-bond acceptors (Lipinski definition) is 13. The first-order valence-electron chi connectivity index (χ1n) is 20.2. The van der Waals surface area contributed by atoms with Crippen LogP contribution in [0.4, 0.5) is 5.69 Å². The second-order valence-corrected chi connectivity index (χ2v) is 19.7. The van der Waals surface area contributed by atoms with Gasteiger partial charge in [0.15, 0.2) is 5.96 Å². The molecule has 3 aromatic rings. The first-order valence-corrected chi connectivity index (χ1v) is 22.6. The number of ether oxygens (including phenoxy) is 2. The average Bonchev–Trinajstić information content (AvgIpc) is 3.99. The van der Waals surface area contributed by atoms with E-state index in [2.05, 4.69) is 5.48 Å². The Morgan fingerprint density at radius 1 is 1.00 bits per heavy atom. The van der Waals surface area contributed by atoms with Gasteiger partial charge in [-0.2, -0.15) is 0 Å². The van der Waals surface area contributed by atoms with E-state index in [0.29, 0.717) is 66.8 Å². The zero-order valence-electron chi connectivity index (χ0n) is 32.0. The molecule has 6 aliphatic rings. The topological polar surface area (TPSA) is 226 Å². The fourth-order valence-corrected chi connectivity index (χ4v) is 14.2. The van der Waals surface area contributed by atoms with Crippen molar-refractivity contribution < 1.29 is 39.5 Å². The van der Waals surface area contributed by atoms with Crippen LogP contribution in [0, 0.1) is 5.41 Å². The van der Waals surface area contributed by atoms with Gasteiger partial charge in [0.25, 0.3) is 0 Å². The van der Waals surface area contributed by atoms with Gasteiger partial charge < -0.3 is 45.8 Å². The molecule has 7 atom stereocenters. The smallest absolute Gasteiger partial charge is 0.201 e. The maximum atomic E-state index is 16.0. The highest BCUT2D eigenvalue weighted by Gasteiger charge is 2.66. The number of fused-ring (bicyclic) bond motifs is 5. The highest BCUT2D eigenvalue weighted by Crippen LogP contribution is 2.65. The number of allylic oxidation sites excluding steroid dienone is 1. The molecule has 9 rings (SSSR count). The lowest BCUT2D eigenvalue weighted by molar-refractivity contribution is -0.114. The number of nitrogens with zero attached hydrogens (tertiary/aromatic N) is 1. The Hall–Kier alpha value is -3.44. The third kappa shape index (κ3) is 5.77. The van der Waals surface area contributed by atoms with Crippen LogP contribution in [0.5, 0.6) is 11.5 Å². The van der Waals surface area contributed by atoms with Crippen molar-refractivity contribution in [3.8, 4) is 11.5 Å². The summed E-state index contributed by atoms with van der Waals surface area (Å²) < 4.78 is 21.1. The Bertz CT molecular complexity index is 2180. The largest absolute Gasteiger partial charge is 0.489 e. The summed E-state index contributed by atoms with van der Waals surface area (Å²) >= 11 is 0. The maximum absolute atomic E-state index is 16.0. The average molecular weight is 821 g/mol. The van der Waals surface area contributed by atoms with Crippen LogP contribution in [0.15, 0.2) is 50.6 Å². The number of anilines is 1. The molecule has 13 nitrogen and oxygen atoms in total. The molecule has 306 valence electrons. The molecule has 7 unspecified atom stereocenters. The highest BCUT2D eigenvalue weighted by molar-refractivity contribution is 8.76. The van der Waals surface area contributed by atoms with Gasteiger partial charge >= 0.3 is 0 Å². The monoisotopic (exact) mass is 820 g/mol. The molecule has 1 spiro atoms. The van der Waals surface area contributed by atoms with Crippen LogP contribution < -0.4 is 31.8 Å². The standard InChI is InChI=1S/C42H52N4O9S2/c1-39(50)15-6-9-26-29-33(54-36(26)39)30-27(19-47)57-56-21-41(20-48,45-38(43)44)40(16-4-5-17-40)42(51)18-14-25(22-10-12-23(46-52)13-11-22)28-32(49)31(35(30)55-37(28)42)34(29)53-24-7-2-3-8-24/h10-14,18,24-27,36,46-48,50-52H,2-9,15-17,19-21H2,1H3,(H4,43,44,45). The van der Waals surface area contributed by atoms with E-state index in [4.69, 9.17) is 30.4 Å². The molecule has 10 N–H and O–H groups in total. The molecule has 2 aliphatic heterocycles. The Morgan fingerprint density at radius 2 is 1.74 bits per heavy atom. The summed E-state index contributed by atoms with van der Waals surface area (Å²) in [5, 5.41) is 57.4. The fraction of sp³-hybridized carbons (Fsp3) is 0.571. The number of nitrogens with two attached hydrogens (primary N) is 2. The number of aliphatic imine (C=N–C) groups is 1. The number of benzene rings is 2. The van der Waals surface area contributed by atoms with Gasteiger partial charge in [-0.25, -0.2) is 4.99 Å². The first kappa shape index (κ1) is 39.0. The van der Waals surface area contributed by atoms with E-state index in [9.17, 15) is 25.6 Å². The number of aliphatic hydroxyl groups is 4. The van der Waals surface area contributed by atoms with E-state index in [1.54, 1.807) is 25.1 Å². The van der Waals surface area contributed by atoms with Crippen molar-refractivity contribution in [3.63, 3.8) is 0 Å². The van der Waals surface area contributed by atoms with Crippen molar-refractivity contribution in [1.29, 1.82) is 0 Å². The molecule has 0 radical (unpaired) electrons. The van der Waals surface area contributed by atoms with Gasteiger partial charge in [-0.15, -0.1) is 0 Å². The van der Waals surface area contributed by atoms with Gasteiger partial charge in [0.2, 0.25) is 5.43 Å². The Balaban J connectivity index is 1.43. The molecule has 3 fully saturated rings. The Morgan fingerprint density at radius 3 is 2.40 bits per heavy atom. The molecular formula is C42H52N4O9S2. The molecule has 15 heteroatoms. The number of hydrogen-bond donors (Lipinski definition) is 8. The molecule has 4 aliphatic carbocycles. The van der Waals surface area contributed by atoms with E-state index in [1.807, 2.05) is 18.2 Å². The van der Waals surface area contributed by atoms with Crippen LogP contribution in [0.25, 0.3) is 11.0 Å². The van der Waals surface area contributed by atoms with Gasteiger partial charge in [0, 0.05) is 28.6 Å². The second kappa shape index (κ2) is 14.4. The third-order valence-electron chi connectivity index (χ3n) is 14.0. The minimum Gasteiger partial charge on any atom is -0.489 e. The van der Waals surface area contributed by atoms with Crippen molar-refractivity contribution >= 4 is 44.2 Å². The van der Waals surface area contributed by atoms with Crippen LogP contribution in [0.1, 0.15) is 123 Å². The lowest BCUT2D eigenvalue weighted by atomic mass is 9.56. The second-order valence-electron chi connectivity index (χ2n) is 17.2. The highest BCUT2D eigenvalue weighted by atomic mass is 33.1. The predicted octanol–water partition coefficient (Wildman–Crippen LogP) is 5.58. The fourth-order valence-electron chi connectivity index (χ4n) is 11.2. The van der Waals surface area contributed by atoms with E-state index in [0.717, 1.165) is 37.7 Å². The normalized spacial score (nSPS) is 32.8. The van der Waals surface area contributed by atoms with Gasteiger partial charge in [-0.3, -0.25) is 15.5 Å². The summed E-state index contributed by atoms with van der Waals surface area (Å²) in [6, 6.07) is 7.03. The van der Waals surface area contributed by atoms with Gasteiger partial charge in [-0.1, -0.05) is 52.6 Å². The van der Waals surface area contributed by atoms with E-state index in [-0.39, 0.29) is 58.1 Å². The van der Waals surface area contributed by atoms with E-state index >= 15 is 4.79 Å². The molecule has 0 saturated heterocycles. The number of guanidine groups is 1. The molecular weight excluding hydrogens is 769 g/mol. The number of nitrogens with one attached hydrogen (secondary N) is 1. The first-order chi connectivity index (χ1) is 27.4. The minimum atomic E-state index is -2.00. The Labute approximate surface area is 338 Å². The van der Waals surface area contributed by atoms with Crippen LogP contribution in [-0.2, 0) is 5.60 Å². The van der Waals surface area contributed by atoms with Gasteiger partial charge in [0.1, 0.15) is 45.5 Å². The van der Waals surface area contributed by atoms with Crippen LogP contribution in [0.2, 0.25) is 0 Å². The molecule has 2 bridgehead atoms. The van der Waals surface area contributed by atoms with E-state index in [1.165, 1.54) is 21.6 Å². The van der Waals surface area contributed by atoms with Gasteiger partial charge in [-0.05, 0) is 88.5 Å². The van der Waals surface area contributed by atoms with Gasteiger partial charge in [0.05, 0.1) is 47.0 Å². The summed E-state index contributed by atoms with van der Waals surface area (Å²) in [6.07, 6.45) is 10.6. The van der Waals surface area contributed by atoms with Crippen molar-refractivity contribution in [3.05, 3.63) is 74.7 Å². The van der Waals surface area contributed by atoms with Crippen molar-refractivity contribution in [2.45, 2.75) is 124 Å². The van der Waals surface area contributed by atoms with Crippen LogP contribution in [-0.4, -0.2) is 73.9 Å².